The second-order valence-corrected chi connectivity index (χ2v) is 6.53. The number of nitrogens with zero attached hydrogens (tertiary/aromatic N) is 1. The van der Waals surface area contributed by atoms with Gasteiger partial charge in [-0.2, -0.15) is 0 Å². The molecule has 0 saturated heterocycles. The minimum Gasteiger partial charge on any atom is -0.441 e. The summed E-state index contributed by atoms with van der Waals surface area (Å²) in [6.07, 6.45) is 4.52. The zero-order valence-corrected chi connectivity index (χ0v) is 12.9. The van der Waals surface area contributed by atoms with E-state index in [-0.39, 0.29) is 0 Å². The Balaban J connectivity index is 1.63. The van der Waals surface area contributed by atoms with E-state index in [1.54, 1.807) is 0 Å². The van der Waals surface area contributed by atoms with Crippen molar-refractivity contribution in [2.75, 3.05) is 5.32 Å². The first-order chi connectivity index (χ1) is 10.3. The molecule has 4 heteroatoms. The standard InChI is InChI=1S/C17H18N2OS/c1-2-17-19-14-10-11(6-7-15(14)20-17)18-13-4-3-5-16-12(13)8-9-21-16/h6-10,13,18H,2-5H2,1H3. The summed E-state index contributed by atoms with van der Waals surface area (Å²) < 4.78 is 5.67. The first kappa shape index (κ1) is 12.9. The molecule has 108 valence electrons. The number of rotatable bonds is 3. The lowest BCUT2D eigenvalue weighted by Gasteiger charge is -2.24. The molecule has 0 radical (unpaired) electrons. The maximum absolute atomic E-state index is 5.67. The maximum Gasteiger partial charge on any atom is 0.195 e. The van der Waals surface area contributed by atoms with Crippen LogP contribution >= 0.6 is 11.3 Å². The van der Waals surface area contributed by atoms with Crippen molar-refractivity contribution in [3.8, 4) is 0 Å². The molecule has 2 heterocycles. The molecule has 0 spiro atoms. The van der Waals surface area contributed by atoms with Gasteiger partial charge in [-0.25, -0.2) is 4.98 Å². The second kappa shape index (κ2) is 5.19. The highest BCUT2D eigenvalue weighted by Crippen LogP contribution is 2.35. The highest BCUT2D eigenvalue weighted by Gasteiger charge is 2.21. The van der Waals surface area contributed by atoms with Crippen LogP contribution in [0.5, 0.6) is 0 Å². The summed E-state index contributed by atoms with van der Waals surface area (Å²) in [5.41, 5.74) is 4.42. The fourth-order valence-electron chi connectivity index (χ4n) is 3.05. The van der Waals surface area contributed by atoms with Crippen molar-refractivity contribution in [2.24, 2.45) is 0 Å². The number of benzene rings is 1. The van der Waals surface area contributed by atoms with Crippen molar-refractivity contribution in [2.45, 2.75) is 38.6 Å². The van der Waals surface area contributed by atoms with E-state index in [0.29, 0.717) is 6.04 Å². The Labute approximate surface area is 128 Å². The van der Waals surface area contributed by atoms with Gasteiger partial charge < -0.3 is 9.73 Å². The van der Waals surface area contributed by atoms with Gasteiger partial charge in [0.2, 0.25) is 0 Å². The van der Waals surface area contributed by atoms with Crippen LogP contribution in [0.4, 0.5) is 5.69 Å². The minimum absolute atomic E-state index is 0.426. The number of hydrogen-bond acceptors (Lipinski definition) is 4. The molecular formula is C17H18N2OS. The molecule has 1 atom stereocenters. The zero-order valence-electron chi connectivity index (χ0n) is 12.1. The number of hydrogen-bond donors (Lipinski definition) is 1. The number of nitrogens with one attached hydrogen (secondary N) is 1. The van der Waals surface area contributed by atoms with Crippen LogP contribution in [0.25, 0.3) is 11.1 Å². The van der Waals surface area contributed by atoms with Crippen LogP contribution in [0, 0.1) is 0 Å². The minimum atomic E-state index is 0.426. The molecular weight excluding hydrogens is 280 g/mol. The molecule has 0 fully saturated rings. The second-order valence-electron chi connectivity index (χ2n) is 5.53. The van der Waals surface area contributed by atoms with Crippen LogP contribution in [-0.4, -0.2) is 4.98 Å². The first-order valence-corrected chi connectivity index (χ1v) is 8.43. The molecule has 0 aliphatic heterocycles. The fraction of sp³-hybridized carbons (Fsp3) is 0.353. The number of thiophene rings is 1. The first-order valence-electron chi connectivity index (χ1n) is 7.56. The number of anilines is 1. The largest absolute Gasteiger partial charge is 0.441 e. The van der Waals surface area contributed by atoms with Gasteiger partial charge in [0.25, 0.3) is 0 Å². The number of oxazole rings is 1. The summed E-state index contributed by atoms with van der Waals surface area (Å²) in [5, 5.41) is 5.87. The van der Waals surface area contributed by atoms with Gasteiger partial charge in [0.1, 0.15) is 5.52 Å². The molecule has 0 saturated carbocycles. The molecule has 0 amide bonds. The van der Waals surface area contributed by atoms with E-state index in [9.17, 15) is 0 Å². The Morgan fingerprint density at radius 3 is 3.24 bits per heavy atom. The Bertz CT molecular complexity index is 774. The highest BCUT2D eigenvalue weighted by molar-refractivity contribution is 7.10. The maximum atomic E-state index is 5.67. The van der Waals surface area contributed by atoms with Gasteiger partial charge in [0.15, 0.2) is 11.5 Å². The Morgan fingerprint density at radius 1 is 1.38 bits per heavy atom. The average Bonchev–Trinajstić information content (AvgIpc) is 3.13. The summed E-state index contributed by atoms with van der Waals surface area (Å²) in [4.78, 5) is 6.05. The third-order valence-corrected chi connectivity index (χ3v) is 5.12. The van der Waals surface area contributed by atoms with Gasteiger partial charge in [-0.1, -0.05) is 6.92 Å². The smallest absolute Gasteiger partial charge is 0.195 e. The third kappa shape index (κ3) is 2.33. The van der Waals surface area contributed by atoms with Gasteiger partial charge in [-0.15, -0.1) is 11.3 Å². The SMILES string of the molecule is CCc1nc2cc(NC3CCCc4sccc43)ccc2o1. The van der Waals surface area contributed by atoms with Crippen LogP contribution in [0.1, 0.15) is 42.1 Å². The molecule has 1 aromatic carbocycles. The molecule has 2 aromatic heterocycles. The van der Waals surface area contributed by atoms with E-state index in [1.807, 2.05) is 17.4 Å². The van der Waals surface area contributed by atoms with Gasteiger partial charge >= 0.3 is 0 Å². The molecule has 21 heavy (non-hydrogen) atoms. The van der Waals surface area contributed by atoms with Crippen LogP contribution < -0.4 is 5.32 Å². The Morgan fingerprint density at radius 2 is 2.33 bits per heavy atom. The monoisotopic (exact) mass is 298 g/mol. The van der Waals surface area contributed by atoms with Crippen LogP contribution in [0.3, 0.4) is 0 Å². The van der Waals surface area contributed by atoms with Crippen molar-refractivity contribution in [3.63, 3.8) is 0 Å². The topological polar surface area (TPSA) is 38.1 Å². The lowest BCUT2D eigenvalue weighted by molar-refractivity contribution is 0.538. The van der Waals surface area contributed by atoms with E-state index >= 15 is 0 Å². The van der Waals surface area contributed by atoms with Gasteiger partial charge in [-0.3, -0.25) is 0 Å². The van der Waals surface area contributed by atoms with E-state index in [2.05, 4.69) is 40.8 Å². The summed E-state index contributed by atoms with van der Waals surface area (Å²) in [6, 6.07) is 8.89. The molecule has 3 aromatic rings. The van der Waals surface area contributed by atoms with E-state index in [0.717, 1.165) is 29.1 Å². The normalized spacial score (nSPS) is 17.9. The summed E-state index contributed by atoms with van der Waals surface area (Å²) in [6.45, 7) is 2.06. The lowest BCUT2D eigenvalue weighted by Crippen LogP contribution is -2.15. The van der Waals surface area contributed by atoms with Gasteiger partial charge in [-0.05, 0) is 54.5 Å². The predicted octanol–water partition coefficient (Wildman–Crippen LogP) is 4.94. The van der Waals surface area contributed by atoms with Crippen molar-refractivity contribution < 1.29 is 4.42 Å². The lowest BCUT2D eigenvalue weighted by atomic mass is 9.94. The summed E-state index contributed by atoms with van der Waals surface area (Å²) in [5.74, 6) is 0.805. The molecule has 3 nitrogen and oxygen atoms in total. The van der Waals surface area contributed by atoms with Crippen LogP contribution in [0.2, 0.25) is 0 Å². The van der Waals surface area contributed by atoms with Crippen molar-refractivity contribution in [1.82, 2.24) is 4.98 Å². The zero-order chi connectivity index (χ0) is 14.2. The quantitative estimate of drug-likeness (QED) is 0.744. The molecule has 1 N–H and O–H groups in total. The van der Waals surface area contributed by atoms with Crippen molar-refractivity contribution in [3.05, 3.63) is 46.0 Å². The van der Waals surface area contributed by atoms with Gasteiger partial charge in [0, 0.05) is 17.0 Å². The average molecular weight is 298 g/mol. The van der Waals surface area contributed by atoms with Crippen LogP contribution in [0.15, 0.2) is 34.1 Å². The van der Waals surface area contributed by atoms with E-state index < -0.39 is 0 Å². The molecule has 1 aliphatic rings. The number of fused-ring (bicyclic) bond motifs is 2. The summed E-state index contributed by atoms with van der Waals surface area (Å²) in [7, 11) is 0. The molecule has 4 rings (SSSR count). The molecule has 0 bridgehead atoms. The van der Waals surface area contributed by atoms with Crippen molar-refractivity contribution in [1.29, 1.82) is 0 Å². The predicted molar refractivity (Wildman–Crippen MR) is 87.0 cm³/mol. The molecule has 1 unspecified atom stereocenters. The van der Waals surface area contributed by atoms with Crippen LogP contribution in [-0.2, 0) is 12.8 Å². The Hall–Kier alpha value is -1.81. The van der Waals surface area contributed by atoms with Gasteiger partial charge in [0.05, 0.1) is 6.04 Å². The number of aryl methyl sites for hydroxylation is 2. The summed E-state index contributed by atoms with van der Waals surface area (Å²) >= 11 is 1.88. The van der Waals surface area contributed by atoms with Crippen molar-refractivity contribution >= 4 is 28.1 Å². The van der Waals surface area contributed by atoms with E-state index in [4.69, 9.17) is 4.42 Å². The molecule has 1 aliphatic carbocycles. The van der Waals surface area contributed by atoms with E-state index in [1.165, 1.54) is 29.7 Å². The third-order valence-electron chi connectivity index (χ3n) is 4.13. The Kier molecular flexibility index (Phi) is 3.19. The number of aromatic nitrogens is 1. The highest BCUT2D eigenvalue weighted by atomic mass is 32.1. The fourth-order valence-corrected chi connectivity index (χ4v) is 4.04.